The number of aryl methyl sites for hydroxylation is 1. The Morgan fingerprint density at radius 2 is 1.53 bits per heavy atom. The largest absolute Gasteiger partial charge is 0.309 e. The Morgan fingerprint density at radius 1 is 0.895 bits per heavy atom. The molecule has 19 heavy (non-hydrogen) atoms. The number of halogens is 3. The van der Waals surface area contributed by atoms with Crippen molar-refractivity contribution in [1.82, 2.24) is 5.32 Å². The first kappa shape index (κ1) is 14.7. The van der Waals surface area contributed by atoms with Gasteiger partial charge in [-0.05, 0) is 54.9 Å². The normalized spacial score (nSPS) is 12.5. The molecule has 0 aliphatic rings. The smallest absolute Gasteiger partial charge is 0.0592 e. The van der Waals surface area contributed by atoms with Gasteiger partial charge in [0.05, 0.1) is 6.04 Å². The van der Waals surface area contributed by atoms with Gasteiger partial charge in [0.1, 0.15) is 0 Å². The SMILES string of the molecule is CNC(c1cc(Cl)ccc1C)c1ccc(Cl)cc1Cl. The third-order valence-electron chi connectivity index (χ3n) is 3.11. The lowest BCUT2D eigenvalue weighted by Gasteiger charge is -2.21. The van der Waals surface area contributed by atoms with Crippen molar-refractivity contribution in [3.63, 3.8) is 0 Å². The van der Waals surface area contributed by atoms with Crippen LogP contribution >= 0.6 is 34.8 Å². The maximum atomic E-state index is 6.29. The molecular formula is C15H14Cl3N. The first-order valence-electron chi connectivity index (χ1n) is 5.91. The van der Waals surface area contributed by atoms with Crippen molar-refractivity contribution >= 4 is 34.8 Å². The van der Waals surface area contributed by atoms with Gasteiger partial charge in [0.2, 0.25) is 0 Å². The van der Waals surface area contributed by atoms with Crippen LogP contribution in [0.1, 0.15) is 22.7 Å². The van der Waals surface area contributed by atoms with E-state index in [2.05, 4.69) is 12.2 Å². The van der Waals surface area contributed by atoms with Crippen LogP contribution in [0.15, 0.2) is 36.4 Å². The Hall–Kier alpha value is -0.730. The average molecular weight is 315 g/mol. The molecule has 0 spiro atoms. The molecule has 0 aromatic heterocycles. The van der Waals surface area contributed by atoms with Gasteiger partial charge in [-0.25, -0.2) is 0 Å². The zero-order valence-corrected chi connectivity index (χ0v) is 12.9. The standard InChI is InChI=1S/C15H14Cl3N/c1-9-3-4-10(16)7-13(9)15(19-2)12-6-5-11(17)8-14(12)18/h3-8,15,19H,1-2H3. The highest BCUT2D eigenvalue weighted by Crippen LogP contribution is 2.32. The third kappa shape index (κ3) is 3.24. The minimum absolute atomic E-state index is 0.0107. The van der Waals surface area contributed by atoms with E-state index >= 15 is 0 Å². The summed E-state index contributed by atoms with van der Waals surface area (Å²) in [6.07, 6.45) is 0. The highest BCUT2D eigenvalue weighted by Gasteiger charge is 2.17. The summed E-state index contributed by atoms with van der Waals surface area (Å²) in [5.74, 6) is 0. The molecule has 4 heteroatoms. The molecule has 1 atom stereocenters. The number of rotatable bonds is 3. The molecule has 1 unspecified atom stereocenters. The van der Waals surface area contributed by atoms with E-state index in [9.17, 15) is 0 Å². The van der Waals surface area contributed by atoms with Crippen LogP contribution < -0.4 is 5.32 Å². The highest BCUT2D eigenvalue weighted by atomic mass is 35.5. The lowest BCUT2D eigenvalue weighted by Crippen LogP contribution is -2.19. The van der Waals surface area contributed by atoms with Crippen LogP contribution in [0.4, 0.5) is 0 Å². The van der Waals surface area contributed by atoms with E-state index in [4.69, 9.17) is 34.8 Å². The number of benzene rings is 2. The van der Waals surface area contributed by atoms with Crippen LogP contribution in [0.3, 0.4) is 0 Å². The summed E-state index contributed by atoms with van der Waals surface area (Å²) < 4.78 is 0. The predicted octanol–water partition coefficient (Wildman–Crippen LogP) is 5.26. The van der Waals surface area contributed by atoms with Crippen LogP contribution in [-0.2, 0) is 0 Å². The van der Waals surface area contributed by atoms with Gasteiger partial charge < -0.3 is 5.32 Å². The molecule has 0 saturated heterocycles. The Balaban J connectivity index is 2.52. The van der Waals surface area contributed by atoms with Gasteiger partial charge in [-0.3, -0.25) is 0 Å². The summed E-state index contributed by atoms with van der Waals surface area (Å²) in [5.41, 5.74) is 3.26. The van der Waals surface area contributed by atoms with E-state index in [0.717, 1.165) is 16.7 Å². The number of hydrogen-bond donors (Lipinski definition) is 1. The van der Waals surface area contributed by atoms with Gasteiger partial charge in [0.15, 0.2) is 0 Å². The predicted molar refractivity (Wildman–Crippen MR) is 83.6 cm³/mol. The first-order valence-corrected chi connectivity index (χ1v) is 7.04. The van der Waals surface area contributed by atoms with Crippen molar-refractivity contribution in [2.75, 3.05) is 7.05 Å². The summed E-state index contributed by atoms with van der Waals surface area (Å²) in [5, 5.41) is 5.27. The maximum absolute atomic E-state index is 6.29. The maximum Gasteiger partial charge on any atom is 0.0592 e. The summed E-state index contributed by atoms with van der Waals surface area (Å²) in [6, 6.07) is 11.4. The van der Waals surface area contributed by atoms with Gasteiger partial charge >= 0.3 is 0 Å². The summed E-state index contributed by atoms with van der Waals surface area (Å²) in [7, 11) is 1.90. The molecule has 0 fully saturated rings. The zero-order valence-electron chi connectivity index (χ0n) is 10.7. The van der Waals surface area contributed by atoms with Crippen LogP contribution in [0.2, 0.25) is 15.1 Å². The van der Waals surface area contributed by atoms with Crippen LogP contribution in [0.5, 0.6) is 0 Å². The summed E-state index contributed by atoms with van der Waals surface area (Å²) in [4.78, 5) is 0. The molecule has 0 aliphatic heterocycles. The fourth-order valence-electron chi connectivity index (χ4n) is 2.14. The molecule has 0 heterocycles. The van der Waals surface area contributed by atoms with E-state index in [1.165, 1.54) is 0 Å². The molecule has 1 N–H and O–H groups in total. The topological polar surface area (TPSA) is 12.0 Å². The Labute approximate surface area is 128 Å². The molecule has 2 aromatic carbocycles. The molecule has 0 radical (unpaired) electrons. The third-order valence-corrected chi connectivity index (χ3v) is 3.91. The Kier molecular flexibility index (Phi) is 4.75. The van der Waals surface area contributed by atoms with Crippen molar-refractivity contribution in [3.05, 3.63) is 68.2 Å². The molecule has 2 rings (SSSR count). The second-order valence-electron chi connectivity index (χ2n) is 4.39. The van der Waals surface area contributed by atoms with E-state index in [1.807, 2.05) is 37.4 Å². The molecular weight excluding hydrogens is 301 g/mol. The molecule has 100 valence electrons. The fourth-order valence-corrected chi connectivity index (χ4v) is 2.83. The summed E-state index contributed by atoms with van der Waals surface area (Å²) >= 11 is 18.3. The second kappa shape index (κ2) is 6.15. The Morgan fingerprint density at radius 3 is 2.16 bits per heavy atom. The quantitative estimate of drug-likeness (QED) is 0.814. The van der Waals surface area contributed by atoms with Crippen LogP contribution in [0, 0.1) is 6.92 Å². The lowest BCUT2D eigenvalue weighted by atomic mass is 9.95. The molecule has 0 bridgehead atoms. The fraction of sp³-hybridized carbons (Fsp3) is 0.200. The summed E-state index contributed by atoms with van der Waals surface area (Å²) in [6.45, 7) is 2.06. The van der Waals surface area contributed by atoms with Gasteiger partial charge in [0.25, 0.3) is 0 Å². The first-order chi connectivity index (χ1) is 9.02. The molecule has 0 saturated carbocycles. The van der Waals surface area contributed by atoms with E-state index in [0.29, 0.717) is 15.1 Å². The van der Waals surface area contributed by atoms with Crippen LogP contribution in [-0.4, -0.2) is 7.05 Å². The van der Waals surface area contributed by atoms with Crippen molar-refractivity contribution in [3.8, 4) is 0 Å². The highest BCUT2D eigenvalue weighted by molar-refractivity contribution is 6.35. The van der Waals surface area contributed by atoms with Crippen molar-refractivity contribution in [2.24, 2.45) is 0 Å². The number of nitrogens with one attached hydrogen (secondary N) is 1. The second-order valence-corrected chi connectivity index (χ2v) is 5.67. The molecule has 2 aromatic rings. The van der Waals surface area contributed by atoms with Gasteiger partial charge in [-0.2, -0.15) is 0 Å². The Bertz CT molecular complexity index is 596. The van der Waals surface area contributed by atoms with Crippen molar-refractivity contribution in [1.29, 1.82) is 0 Å². The van der Waals surface area contributed by atoms with E-state index in [-0.39, 0.29) is 6.04 Å². The van der Waals surface area contributed by atoms with E-state index in [1.54, 1.807) is 6.07 Å². The molecule has 1 nitrogen and oxygen atoms in total. The monoisotopic (exact) mass is 313 g/mol. The van der Waals surface area contributed by atoms with E-state index < -0.39 is 0 Å². The van der Waals surface area contributed by atoms with Gasteiger partial charge in [-0.1, -0.05) is 46.9 Å². The minimum Gasteiger partial charge on any atom is -0.309 e. The van der Waals surface area contributed by atoms with Gasteiger partial charge in [-0.15, -0.1) is 0 Å². The zero-order chi connectivity index (χ0) is 14.0. The molecule has 0 amide bonds. The average Bonchev–Trinajstić information content (AvgIpc) is 2.36. The van der Waals surface area contributed by atoms with Crippen molar-refractivity contribution < 1.29 is 0 Å². The minimum atomic E-state index is -0.0107. The van der Waals surface area contributed by atoms with Crippen molar-refractivity contribution in [2.45, 2.75) is 13.0 Å². The van der Waals surface area contributed by atoms with Crippen LogP contribution in [0.25, 0.3) is 0 Å². The van der Waals surface area contributed by atoms with Gasteiger partial charge in [0, 0.05) is 15.1 Å². The number of hydrogen-bond acceptors (Lipinski definition) is 1. The molecule has 0 aliphatic carbocycles. The lowest BCUT2D eigenvalue weighted by molar-refractivity contribution is 0.688.